The van der Waals surface area contributed by atoms with Crippen LogP contribution >= 0.6 is 23.2 Å². The minimum atomic E-state index is -0.560. The van der Waals surface area contributed by atoms with E-state index in [0.717, 1.165) is 5.56 Å². The van der Waals surface area contributed by atoms with E-state index >= 15 is 0 Å². The molecule has 6 heteroatoms. The first-order valence-electron chi connectivity index (χ1n) is 7.22. The zero-order valence-corrected chi connectivity index (χ0v) is 14.6. The number of anilines is 1. The molecule has 0 aliphatic carbocycles. The van der Waals surface area contributed by atoms with Crippen molar-refractivity contribution >= 4 is 45.9 Å². The van der Waals surface area contributed by atoms with Gasteiger partial charge in [0.05, 0.1) is 10.0 Å². The molecule has 0 fully saturated rings. The van der Waals surface area contributed by atoms with E-state index in [9.17, 15) is 4.79 Å². The summed E-state index contributed by atoms with van der Waals surface area (Å²) in [5, 5.41) is 1.36. The third-order valence-electron chi connectivity index (χ3n) is 3.63. The summed E-state index contributed by atoms with van der Waals surface area (Å²) in [6.07, 6.45) is 1.03. The molecule has 0 aliphatic heterocycles. The van der Waals surface area contributed by atoms with Crippen LogP contribution in [0.3, 0.4) is 0 Å². The molecule has 0 bridgehead atoms. The quantitative estimate of drug-likeness (QED) is 0.607. The van der Waals surface area contributed by atoms with E-state index in [1.54, 1.807) is 31.4 Å². The highest BCUT2D eigenvalue weighted by Crippen LogP contribution is 2.37. The zero-order chi connectivity index (χ0) is 17.3. The number of aromatic nitrogens is 1. The number of fused-ring (bicyclic) bond motifs is 1. The van der Waals surface area contributed by atoms with Gasteiger partial charge in [-0.2, -0.15) is 0 Å². The largest absolute Gasteiger partial charge is 0.419 e. The molecule has 0 N–H and O–H groups in total. The van der Waals surface area contributed by atoms with E-state index in [2.05, 4.69) is 4.98 Å². The number of rotatable bonds is 2. The van der Waals surface area contributed by atoms with Crippen LogP contribution in [0.25, 0.3) is 10.9 Å². The number of ether oxygens (including phenoxy) is 1. The average molecular weight is 361 g/mol. The number of nitrogens with zero attached hydrogens (tertiary/aromatic N) is 2. The number of pyridine rings is 1. The van der Waals surface area contributed by atoms with E-state index in [-0.39, 0.29) is 10.8 Å². The Balaban J connectivity index is 1.95. The number of amides is 1. The molecule has 1 aromatic heterocycles. The van der Waals surface area contributed by atoms with E-state index in [1.807, 2.05) is 31.2 Å². The maximum Gasteiger partial charge on any atom is 0.419 e. The van der Waals surface area contributed by atoms with Gasteiger partial charge in [-0.3, -0.25) is 9.88 Å². The summed E-state index contributed by atoms with van der Waals surface area (Å²) in [5.74, 6) is 0.195. The van der Waals surface area contributed by atoms with Gasteiger partial charge < -0.3 is 4.74 Å². The highest BCUT2D eigenvalue weighted by atomic mass is 35.5. The van der Waals surface area contributed by atoms with Gasteiger partial charge in [0.15, 0.2) is 5.75 Å². The van der Waals surface area contributed by atoms with Gasteiger partial charge >= 0.3 is 6.09 Å². The maximum atomic E-state index is 12.5. The van der Waals surface area contributed by atoms with E-state index in [4.69, 9.17) is 27.9 Å². The summed E-state index contributed by atoms with van der Waals surface area (Å²) < 4.78 is 5.49. The number of benzene rings is 2. The predicted octanol–water partition coefficient (Wildman–Crippen LogP) is 5.49. The lowest BCUT2D eigenvalue weighted by Crippen LogP contribution is -2.29. The summed E-state index contributed by atoms with van der Waals surface area (Å²) in [6, 6.07) is 12.6. The number of halogens is 2. The second kappa shape index (κ2) is 6.67. The third kappa shape index (κ3) is 3.16. The molecule has 0 aliphatic rings. The monoisotopic (exact) mass is 360 g/mol. The molecule has 0 saturated heterocycles. The first-order chi connectivity index (χ1) is 11.5. The van der Waals surface area contributed by atoms with Crippen molar-refractivity contribution in [3.63, 3.8) is 0 Å². The number of carbonyl (C=O) groups excluding carboxylic acids is 1. The average Bonchev–Trinajstić information content (AvgIpc) is 2.58. The molecular weight excluding hydrogens is 347 g/mol. The van der Waals surface area contributed by atoms with Gasteiger partial charge in [0.25, 0.3) is 0 Å². The molecule has 4 nitrogen and oxygen atoms in total. The SMILES string of the molecule is Cc1ccc(N(C)C(=O)Oc2c(Cl)cc(Cl)c3cccnc23)cc1. The predicted molar refractivity (Wildman–Crippen MR) is 97.4 cm³/mol. The van der Waals surface area contributed by atoms with Crippen LogP contribution in [0.5, 0.6) is 5.75 Å². The summed E-state index contributed by atoms with van der Waals surface area (Å²) in [4.78, 5) is 18.1. The van der Waals surface area contributed by atoms with Gasteiger partial charge in [-0.05, 0) is 37.3 Å². The van der Waals surface area contributed by atoms with Crippen molar-refractivity contribution in [2.24, 2.45) is 0 Å². The Hall–Kier alpha value is -2.30. The first kappa shape index (κ1) is 16.6. The molecule has 0 saturated carbocycles. The highest BCUT2D eigenvalue weighted by Gasteiger charge is 2.19. The fourth-order valence-corrected chi connectivity index (χ4v) is 2.83. The van der Waals surface area contributed by atoms with Crippen LogP contribution in [0.1, 0.15) is 5.56 Å². The Morgan fingerprint density at radius 3 is 2.54 bits per heavy atom. The highest BCUT2D eigenvalue weighted by molar-refractivity contribution is 6.39. The fourth-order valence-electron chi connectivity index (χ4n) is 2.27. The fraction of sp³-hybridized carbons (Fsp3) is 0.111. The van der Waals surface area contributed by atoms with Crippen molar-refractivity contribution in [2.75, 3.05) is 11.9 Å². The lowest BCUT2D eigenvalue weighted by Gasteiger charge is -2.18. The van der Waals surface area contributed by atoms with Gasteiger partial charge in [-0.1, -0.05) is 40.9 Å². The standard InChI is InChI=1S/C18H14Cl2N2O2/c1-11-5-7-12(8-6-11)22(2)18(23)24-17-15(20)10-14(19)13-4-3-9-21-16(13)17/h3-10H,1-2H3. The lowest BCUT2D eigenvalue weighted by molar-refractivity contribution is 0.209. The second-order valence-corrected chi connectivity index (χ2v) is 6.15. The summed E-state index contributed by atoms with van der Waals surface area (Å²) in [5.41, 5.74) is 2.27. The summed E-state index contributed by atoms with van der Waals surface area (Å²) >= 11 is 12.4. The topological polar surface area (TPSA) is 42.4 Å². The molecule has 0 spiro atoms. The van der Waals surface area contributed by atoms with Gasteiger partial charge in [-0.15, -0.1) is 0 Å². The number of carbonyl (C=O) groups is 1. The van der Waals surface area contributed by atoms with Crippen molar-refractivity contribution in [2.45, 2.75) is 6.92 Å². The number of hydrogen-bond donors (Lipinski definition) is 0. The Bertz CT molecular complexity index is 911. The Morgan fingerprint density at radius 2 is 1.83 bits per heavy atom. The molecule has 1 heterocycles. The molecule has 0 unspecified atom stereocenters. The molecule has 0 atom stereocenters. The van der Waals surface area contributed by atoms with Crippen LogP contribution in [0.2, 0.25) is 10.0 Å². The van der Waals surface area contributed by atoms with Crippen LogP contribution in [-0.2, 0) is 0 Å². The summed E-state index contributed by atoms with van der Waals surface area (Å²) in [6.45, 7) is 1.98. The molecule has 3 rings (SSSR count). The van der Waals surface area contributed by atoms with Gasteiger partial charge in [0, 0.05) is 24.3 Å². The summed E-state index contributed by atoms with van der Waals surface area (Å²) in [7, 11) is 1.63. The Kier molecular flexibility index (Phi) is 4.60. The van der Waals surface area contributed by atoms with Gasteiger partial charge in [0.2, 0.25) is 0 Å². The molecule has 3 aromatic rings. The Labute approximate surface area is 149 Å². The maximum absolute atomic E-state index is 12.5. The van der Waals surface area contributed by atoms with Gasteiger partial charge in [-0.25, -0.2) is 4.79 Å². The third-order valence-corrected chi connectivity index (χ3v) is 4.23. The first-order valence-corrected chi connectivity index (χ1v) is 7.98. The minimum absolute atomic E-state index is 0.195. The smallest absolute Gasteiger partial charge is 0.406 e. The van der Waals surface area contributed by atoms with Crippen LogP contribution in [-0.4, -0.2) is 18.1 Å². The van der Waals surface area contributed by atoms with Crippen molar-refractivity contribution in [1.29, 1.82) is 0 Å². The van der Waals surface area contributed by atoms with E-state index < -0.39 is 6.09 Å². The minimum Gasteiger partial charge on any atom is -0.406 e. The zero-order valence-electron chi connectivity index (χ0n) is 13.1. The second-order valence-electron chi connectivity index (χ2n) is 5.33. The van der Waals surface area contributed by atoms with Gasteiger partial charge in [0.1, 0.15) is 5.52 Å². The van der Waals surface area contributed by atoms with E-state index in [0.29, 0.717) is 21.6 Å². The Morgan fingerprint density at radius 1 is 1.12 bits per heavy atom. The van der Waals surface area contributed by atoms with E-state index in [1.165, 1.54) is 4.90 Å². The number of hydrogen-bond acceptors (Lipinski definition) is 3. The van der Waals surface area contributed by atoms with Crippen molar-refractivity contribution in [3.05, 3.63) is 64.3 Å². The van der Waals surface area contributed by atoms with Crippen LogP contribution < -0.4 is 9.64 Å². The van der Waals surface area contributed by atoms with Crippen molar-refractivity contribution in [3.8, 4) is 5.75 Å². The molecular formula is C18H14Cl2N2O2. The molecule has 122 valence electrons. The van der Waals surface area contributed by atoms with Crippen molar-refractivity contribution < 1.29 is 9.53 Å². The van der Waals surface area contributed by atoms with Crippen LogP contribution in [0.4, 0.5) is 10.5 Å². The van der Waals surface area contributed by atoms with Crippen LogP contribution in [0.15, 0.2) is 48.7 Å². The molecule has 24 heavy (non-hydrogen) atoms. The van der Waals surface area contributed by atoms with Crippen LogP contribution in [0, 0.1) is 6.92 Å². The normalized spacial score (nSPS) is 10.7. The number of aryl methyl sites for hydroxylation is 1. The lowest BCUT2D eigenvalue weighted by atomic mass is 10.2. The molecule has 2 aromatic carbocycles. The molecule has 1 amide bonds. The molecule has 0 radical (unpaired) electrons. The van der Waals surface area contributed by atoms with Crippen molar-refractivity contribution in [1.82, 2.24) is 4.98 Å².